The van der Waals surface area contributed by atoms with Gasteiger partial charge in [0.25, 0.3) is 0 Å². The van der Waals surface area contributed by atoms with E-state index in [1.807, 2.05) is 42.6 Å². The van der Waals surface area contributed by atoms with Gasteiger partial charge in [0.2, 0.25) is 15.9 Å². The zero-order chi connectivity index (χ0) is 21.1. The van der Waals surface area contributed by atoms with Gasteiger partial charge >= 0.3 is 0 Å². The normalized spacial score (nSPS) is 15.6. The van der Waals surface area contributed by atoms with E-state index in [0.29, 0.717) is 37.5 Å². The number of nitrogens with one attached hydrogen (secondary N) is 1. The lowest BCUT2D eigenvalue weighted by Gasteiger charge is -2.34. The molecule has 7 heteroatoms. The Bertz CT molecular complexity index is 1130. The number of fused-ring (bicyclic) bond motifs is 1. The minimum Gasteiger partial charge on any atom is -0.361 e. The highest BCUT2D eigenvalue weighted by molar-refractivity contribution is 7.89. The number of carbonyl (C=O) groups is 1. The molecule has 3 aromatic rings. The van der Waals surface area contributed by atoms with Crippen molar-refractivity contribution in [1.29, 1.82) is 0 Å². The molecule has 1 fully saturated rings. The first-order valence-electron chi connectivity index (χ1n) is 10.4. The summed E-state index contributed by atoms with van der Waals surface area (Å²) < 4.78 is 27.4. The van der Waals surface area contributed by atoms with Gasteiger partial charge in [0.1, 0.15) is 0 Å². The first-order chi connectivity index (χ1) is 14.5. The summed E-state index contributed by atoms with van der Waals surface area (Å²) in [6, 6.07) is 15.1. The summed E-state index contributed by atoms with van der Waals surface area (Å²) in [4.78, 5) is 18.1. The molecule has 0 radical (unpaired) electrons. The first kappa shape index (κ1) is 20.6. The van der Waals surface area contributed by atoms with E-state index in [4.69, 9.17) is 0 Å². The van der Waals surface area contributed by atoms with Gasteiger partial charge in [-0.2, -0.15) is 4.31 Å². The second-order valence-electron chi connectivity index (χ2n) is 7.72. The highest BCUT2D eigenvalue weighted by Crippen LogP contribution is 2.21. The van der Waals surface area contributed by atoms with Crippen molar-refractivity contribution in [1.82, 2.24) is 14.2 Å². The van der Waals surface area contributed by atoms with Gasteiger partial charge in [0, 0.05) is 43.3 Å². The minimum absolute atomic E-state index is 0.0284. The molecule has 1 saturated heterocycles. The number of rotatable bonds is 6. The van der Waals surface area contributed by atoms with Crippen LogP contribution in [0.5, 0.6) is 0 Å². The van der Waals surface area contributed by atoms with Crippen LogP contribution >= 0.6 is 0 Å². The predicted molar refractivity (Wildman–Crippen MR) is 118 cm³/mol. The van der Waals surface area contributed by atoms with Crippen molar-refractivity contribution in [3.63, 3.8) is 0 Å². The lowest BCUT2D eigenvalue weighted by molar-refractivity contribution is -0.131. The Labute approximate surface area is 177 Å². The molecule has 1 N–H and O–H groups in total. The summed E-state index contributed by atoms with van der Waals surface area (Å²) in [6.07, 6.45) is 4.17. The summed E-state index contributed by atoms with van der Waals surface area (Å²) in [5.41, 5.74) is 3.13. The molecule has 30 heavy (non-hydrogen) atoms. The Balaban J connectivity index is 1.38. The van der Waals surface area contributed by atoms with E-state index in [9.17, 15) is 13.2 Å². The molecule has 2 heterocycles. The Morgan fingerprint density at radius 3 is 2.40 bits per heavy atom. The van der Waals surface area contributed by atoms with Crippen LogP contribution in [0.25, 0.3) is 10.9 Å². The van der Waals surface area contributed by atoms with Crippen LogP contribution in [-0.2, 0) is 27.7 Å². The average Bonchev–Trinajstić information content (AvgIpc) is 3.17. The number of hydrogen-bond acceptors (Lipinski definition) is 3. The van der Waals surface area contributed by atoms with E-state index >= 15 is 0 Å². The lowest BCUT2D eigenvalue weighted by atomic mass is 10.1. The molecule has 0 bridgehead atoms. The highest BCUT2D eigenvalue weighted by atomic mass is 32.2. The molecule has 4 rings (SSSR count). The number of sulfonamides is 1. The van der Waals surface area contributed by atoms with Gasteiger partial charge < -0.3 is 9.88 Å². The number of hydrogen-bond donors (Lipinski definition) is 1. The molecule has 2 aromatic carbocycles. The molecule has 1 amide bonds. The molecule has 0 unspecified atom stereocenters. The Kier molecular flexibility index (Phi) is 5.92. The van der Waals surface area contributed by atoms with Crippen LogP contribution < -0.4 is 0 Å². The third kappa shape index (κ3) is 4.13. The second-order valence-corrected chi connectivity index (χ2v) is 9.65. The van der Waals surface area contributed by atoms with Crippen molar-refractivity contribution >= 4 is 26.8 Å². The number of para-hydroxylation sites is 1. The van der Waals surface area contributed by atoms with E-state index in [1.165, 1.54) is 4.31 Å². The number of aromatic amines is 1. The number of aryl methyl sites for hydroxylation is 1. The number of piperazine rings is 1. The zero-order valence-corrected chi connectivity index (χ0v) is 18.0. The van der Waals surface area contributed by atoms with Crippen LogP contribution in [0, 0.1) is 0 Å². The van der Waals surface area contributed by atoms with E-state index in [1.54, 1.807) is 17.0 Å². The molecule has 1 aromatic heterocycles. The van der Waals surface area contributed by atoms with Gasteiger partial charge in [-0.05, 0) is 35.7 Å². The van der Waals surface area contributed by atoms with E-state index < -0.39 is 10.0 Å². The van der Waals surface area contributed by atoms with Gasteiger partial charge in [0.05, 0.1) is 11.3 Å². The average molecular weight is 426 g/mol. The molecule has 0 spiro atoms. The molecule has 0 saturated carbocycles. The summed E-state index contributed by atoms with van der Waals surface area (Å²) in [7, 11) is -3.53. The first-order valence-corrected chi connectivity index (χ1v) is 11.8. The number of H-pyrrole nitrogens is 1. The van der Waals surface area contributed by atoms with Gasteiger partial charge in [-0.1, -0.05) is 43.7 Å². The third-order valence-electron chi connectivity index (χ3n) is 5.71. The van der Waals surface area contributed by atoms with Crippen molar-refractivity contribution in [3.05, 3.63) is 65.9 Å². The van der Waals surface area contributed by atoms with Crippen LogP contribution in [0.2, 0.25) is 0 Å². The van der Waals surface area contributed by atoms with Gasteiger partial charge in [-0.25, -0.2) is 8.42 Å². The zero-order valence-electron chi connectivity index (χ0n) is 17.2. The molecular weight excluding hydrogens is 398 g/mol. The van der Waals surface area contributed by atoms with E-state index in [0.717, 1.165) is 34.9 Å². The Hall–Kier alpha value is -2.64. The number of carbonyl (C=O) groups excluding carboxylic acids is 1. The largest absolute Gasteiger partial charge is 0.361 e. The second kappa shape index (κ2) is 8.62. The fourth-order valence-electron chi connectivity index (χ4n) is 4.00. The molecule has 158 valence electrons. The highest BCUT2D eigenvalue weighted by Gasteiger charge is 2.30. The van der Waals surface area contributed by atoms with Crippen molar-refractivity contribution < 1.29 is 13.2 Å². The molecule has 1 aliphatic rings. The number of nitrogens with zero attached hydrogens (tertiary/aromatic N) is 2. The molecule has 1 aliphatic heterocycles. The van der Waals surface area contributed by atoms with E-state index in [2.05, 4.69) is 11.9 Å². The van der Waals surface area contributed by atoms with Gasteiger partial charge in [0.15, 0.2) is 0 Å². The van der Waals surface area contributed by atoms with Crippen LogP contribution in [0.4, 0.5) is 0 Å². The number of amides is 1. The molecule has 0 aliphatic carbocycles. The van der Waals surface area contributed by atoms with Crippen molar-refractivity contribution in [3.8, 4) is 0 Å². The summed E-state index contributed by atoms with van der Waals surface area (Å²) in [6.45, 7) is 3.56. The maximum atomic E-state index is 13.0. The number of aromatic nitrogens is 1. The topological polar surface area (TPSA) is 73.5 Å². The van der Waals surface area contributed by atoms with Crippen molar-refractivity contribution in [2.45, 2.75) is 31.1 Å². The van der Waals surface area contributed by atoms with Crippen LogP contribution in [-0.4, -0.2) is 54.7 Å². The summed E-state index contributed by atoms with van der Waals surface area (Å²) >= 11 is 0. The monoisotopic (exact) mass is 425 g/mol. The maximum Gasteiger partial charge on any atom is 0.243 e. The Morgan fingerprint density at radius 1 is 1.00 bits per heavy atom. The molecular formula is C23H27N3O3S. The van der Waals surface area contributed by atoms with E-state index in [-0.39, 0.29) is 5.91 Å². The lowest BCUT2D eigenvalue weighted by Crippen LogP contribution is -2.50. The predicted octanol–water partition coefficient (Wildman–Crippen LogP) is 3.20. The number of benzene rings is 2. The molecule has 6 nitrogen and oxygen atoms in total. The fourth-order valence-corrected chi connectivity index (χ4v) is 5.42. The molecule has 0 atom stereocenters. The van der Waals surface area contributed by atoms with Crippen LogP contribution in [0.15, 0.2) is 59.6 Å². The van der Waals surface area contributed by atoms with Crippen LogP contribution in [0.1, 0.15) is 24.5 Å². The smallest absolute Gasteiger partial charge is 0.243 e. The van der Waals surface area contributed by atoms with Gasteiger partial charge in [-0.3, -0.25) is 4.79 Å². The third-order valence-corrected chi connectivity index (χ3v) is 7.62. The van der Waals surface area contributed by atoms with Crippen molar-refractivity contribution in [2.24, 2.45) is 0 Å². The van der Waals surface area contributed by atoms with Crippen LogP contribution in [0.3, 0.4) is 0 Å². The maximum absolute atomic E-state index is 13.0. The minimum atomic E-state index is -3.53. The quantitative estimate of drug-likeness (QED) is 0.659. The van der Waals surface area contributed by atoms with Gasteiger partial charge in [-0.15, -0.1) is 0 Å². The summed E-state index contributed by atoms with van der Waals surface area (Å²) in [5, 5.41) is 1.05. The standard InChI is InChI=1S/C23H27N3O3S/c1-2-5-18-8-10-20(11-9-18)30(28,29)26-14-12-25(13-15-26)23(27)16-19-17-24-22-7-4-3-6-21(19)22/h3-4,6-11,17,24H,2,5,12-16H2,1H3. The van der Waals surface area contributed by atoms with Crippen molar-refractivity contribution in [2.75, 3.05) is 26.2 Å². The SMILES string of the molecule is CCCc1ccc(S(=O)(=O)N2CCN(C(=O)Cc3c[nH]c4ccccc34)CC2)cc1. The summed E-state index contributed by atoms with van der Waals surface area (Å²) in [5.74, 6) is 0.0284. The fraction of sp³-hybridized carbons (Fsp3) is 0.348. The Morgan fingerprint density at radius 2 is 1.70 bits per heavy atom.